The van der Waals surface area contributed by atoms with Gasteiger partial charge in [0.2, 0.25) is 0 Å². The molecule has 140 valence electrons. The van der Waals surface area contributed by atoms with Crippen molar-refractivity contribution in [2.45, 2.75) is 51.0 Å². The van der Waals surface area contributed by atoms with E-state index in [9.17, 15) is 0 Å². The third-order valence-electron chi connectivity index (χ3n) is 5.93. The molecule has 2 atom stereocenters. The summed E-state index contributed by atoms with van der Waals surface area (Å²) in [6.07, 6.45) is 8.41. The highest BCUT2D eigenvalue weighted by Crippen LogP contribution is 2.40. The van der Waals surface area contributed by atoms with E-state index in [1.165, 1.54) is 67.3 Å². The zero-order chi connectivity index (χ0) is 17.8. The summed E-state index contributed by atoms with van der Waals surface area (Å²) >= 11 is 1.85. The first-order valence-electron chi connectivity index (χ1n) is 10.2. The highest BCUT2D eigenvalue weighted by molar-refractivity contribution is 7.11. The summed E-state index contributed by atoms with van der Waals surface area (Å²) in [5, 5.41) is 5.14. The molecular formula is C22H31N3S. The van der Waals surface area contributed by atoms with Crippen LogP contribution in [0.15, 0.2) is 36.5 Å². The van der Waals surface area contributed by atoms with Gasteiger partial charge in [0, 0.05) is 29.5 Å². The molecule has 1 saturated heterocycles. The summed E-state index contributed by atoms with van der Waals surface area (Å²) in [4.78, 5) is 8.46. The van der Waals surface area contributed by atoms with E-state index >= 15 is 0 Å². The van der Waals surface area contributed by atoms with E-state index in [0.29, 0.717) is 0 Å². The lowest BCUT2D eigenvalue weighted by molar-refractivity contribution is 0.180. The standard InChI is InChI=1S/C22H31N3S/c1-17-15-24-22(26-17)8-5-11-25-12-9-18(10-13-25)16-23-21-14-20(21)19-6-3-2-4-7-19/h2-4,6-7,15,18,20-21,23H,5,8-14,16H2,1H3. The van der Waals surface area contributed by atoms with Gasteiger partial charge in [-0.15, -0.1) is 11.3 Å². The lowest BCUT2D eigenvalue weighted by Crippen LogP contribution is -2.38. The van der Waals surface area contributed by atoms with Gasteiger partial charge in [-0.05, 0) is 70.3 Å². The van der Waals surface area contributed by atoms with E-state index in [0.717, 1.165) is 24.3 Å². The second-order valence-corrected chi connectivity index (χ2v) is 9.34. The number of aromatic nitrogens is 1. The number of benzene rings is 1. The number of rotatable bonds is 8. The summed E-state index contributed by atoms with van der Waals surface area (Å²) < 4.78 is 0. The molecule has 0 radical (unpaired) electrons. The van der Waals surface area contributed by atoms with E-state index in [2.05, 4.69) is 52.5 Å². The predicted molar refractivity (Wildman–Crippen MR) is 110 cm³/mol. The maximum Gasteiger partial charge on any atom is 0.0928 e. The first kappa shape index (κ1) is 18.1. The molecule has 2 aromatic rings. The quantitative estimate of drug-likeness (QED) is 0.754. The van der Waals surface area contributed by atoms with Gasteiger partial charge in [-0.1, -0.05) is 30.3 Å². The minimum absolute atomic E-state index is 0.720. The SMILES string of the molecule is Cc1cnc(CCCN2CCC(CNC3CC3c3ccccc3)CC2)s1. The summed E-state index contributed by atoms with van der Waals surface area (Å²) in [5.41, 5.74) is 1.51. The van der Waals surface area contributed by atoms with Gasteiger partial charge in [-0.3, -0.25) is 0 Å². The lowest BCUT2D eigenvalue weighted by atomic mass is 9.96. The average molecular weight is 370 g/mol. The van der Waals surface area contributed by atoms with Gasteiger partial charge in [0.15, 0.2) is 0 Å². The third-order valence-corrected chi connectivity index (χ3v) is 6.90. The fraction of sp³-hybridized carbons (Fsp3) is 0.591. The number of thiazole rings is 1. The molecule has 4 heteroatoms. The Morgan fingerprint density at radius 1 is 1.19 bits per heavy atom. The molecular weight excluding hydrogens is 338 g/mol. The molecule has 4 rings (SSSR count). The topological polar surface area (TPSA) is 28.2 Å². The van der Waals surface area contributed by atoms with Crippen LogP contribution < -0.4 is 5.32 Å². The van der Waals surface area contributed by atoms with Crippen LogP contribution in [0.25, 0.3) is 0 Å². The number of hydrogen-bond donors (Lipinski definition) is 1. The van der Waals surface area contributed by atoms with Crippen LogP contribution in [-0.2, 0) is 6.42 Å². The Kier molecular flexibility index (Phi) is 6.03. The maximum absolute atomic E-state index is 4.48. The van der Waals surface area contributed by atoms with Crippen molar-refractivity contribution >= 4 is 11.3 Å². The number of hydrogen-bond acceptors (Lipinski definition) is 4. The van der Waals surface area contributed by atoms with Crippen LogP contribution in [0, 0.1) is 12.8 Å². The Balaban J connectivity index is 1.09. The van der Waals surface area contributed by atoms with Gasteiger partial charge < -0.3 is 10.2 Å². The first-order valence-corrected chi connectivity index (χ1v) is 11.0. The van der Waals surface area contributed by atoms with Crippen molar-refractivity contribution in [1.82, 2.24) is 15.2 Å². The number of piperidine rings is 1. The lowest BCUT2D eigenvalue weighted by Gasteiger charge is -2.32. The van der Waals surface area contributed by atoms with Crippen molar-refractivity contribution in [2.24, 2.45) is 5.92 Å². The Bertz CT molecular complexity index is 676. The molecule has 0 bridgehead atoms. The van der Waals surface area contributed by atoms with E-state index < -0.39 is 0 Å². The first-order chi connectivity index (χ1) is 12.8. The van der Waals surface area contributed by atoms with Gasteiger partial charge in [0.25, 0.3) is 0 Å². The number of aryl methyl sites for hydroxylation is 2. The van der Waals surface area contributed by atoms with E-state index in [1.807, 2.05) is 17.5 Å². The van der Waals surface area contributed by atoms with Gasteiger partial charge in [0.1, 0.15) is 0 Å². The summed E-state index contributed by atoms with van der Waals surface area (Å²) in [6, 6.07) is 11.7. The van der Waals surface area contributed by atoms with Crippen molar-refractivity contribution < 1.29 is 0 Å². The second-order valence-electron chi connectivity index (χ2n) is 8.02. The molecule has 1 N–H and O–H groups in total. The van der Waals surface area contributed by atoms with Crippen LogP contribution in [0.2, 0.25) is 0 Å². The van der Waals surface area contributed by atoms with Crippen LogP contribution in [0.1, 0.15) is 47.0 Å². The van der Waals surface area contributed by atoms with Crippen LogP contribution in [-0.4, -0.2) is 42.1 Å². The minimum atomic E-state index is 0.720. The summed E-state index contributed by atoms with van der Waals surface area (Å²) in [7, 11) is 0. The monoisotopic (exact) mass is 369 g/mol. The highest BCUT2D eigenvalue weighted by atomic mass is 32.1. The van der Waals surface area contributed by atoms with Gasteiger partial charge in [-0.2, -0.15) is 0 Å². The minimum Gasteiger partial charge on any atom is -0.313 e. The molecule has 1 aromatic carbocycles. The molecule has 2 fully saturated rings. The molecule has 2 aliphatic rings. The molecule has 1 aromatic heterocycles. The predicted octanol–water partition coefficient (Wildman–Crippen LogP) is 4.24. The molecule has 3 nitrogen and oxygen atoms in total. The number of nitrogens with one attached hydrogen (secondary N) is 1. The Hall–Kier alpha value is -1.23. The molecule has 1 saturated carbocycles. The largest absolute Gasteiger partial charge is 0.313 e. The molecule has 2 heterocycles. The Morgan fingerprint density at radius 3 is 2.73 bits per heavy atom. The van der Waals surface area contributed by atoms with Crippen molar-refractivity contribution in [3.05, 3.63) is 52.0 Å². The van der Waals surface area contributed by atoms with Gasteiger partial charge in [-0.25, -0.2) is 4.98 Å². The molecule has 1 aliphatic heterocycles. The van der Waals surface area contributed by atoms with Crippen molar-refractivity contribution in [2.75, 3.05) is 26.2 Å². The molecule has 2 unspecified atom stereocenters. The van der Waals surface area contributed by atoms with Gasteiger partial charge in [0.05, 0.1) is 5.01 Å². The van der Waals surface area contributed by atoms with Crippen molar-refractivity contribution in [3.63, 3.8) is 0 Å². The van der Waals surface area contributed by atoms with E-state index in [1.54, 1.807) is 0 Å². The molecule has 0 amide bonds. The van der Waals surface area contributed by atoms with Crippen LogP contribution in [0.3, 0.4) is 0 Å². The third kappa shape index (κ3) is 4.93. The molecule has 0 spiro atoms. The zero-order valence-corrected chi connectivity index (χ0v) is 16.7. The maximum atomic E-state index is 4.48. The molecule has 1 aliphatic carbocycles. The number of likely N-dealkylation sites (tertiary alicyclic amines) is 1. The summed E-state index contributed by atoms with van der Waals surface area (Å²) in [6.45, 7) is 7.13. The fourth-order valence-corrected chi connectivity index (χ4v) is 5.02. The molecule has 26 heavy (non-hydrogen) atoms. The van der Waals surface area contributed by atoms with Crippen LogP contribution in [0.5, 0.6) is 0 Å². The van der Waals surface area contributed by atoms with Crippen LogP contribution >= 0.6 is 11.3 Å². The highest BCUT2D eigenvalue weighted by Gasteiger charge is 2.38. The smallest absolute Gasteiger partial charge is 0.0928 e. The Labute approximate surface area is 161 Å². The van der Waals surface area contributed by atoms with E-state index in [-0.39, 0.29) is 0 Å². The number of nitrogens with zero attached hydrogens (tertiary/aromatic N) is 2. The second kappa shape index (κ2) is 8.64. The normalized spacial score (nSPS) is 24.0. The van der Waals surface area contributed by atoms with Crippen molar-refractivity contribution in [3.8, 4) is 0 Å². The fourth-order valence-electron chi connectivity index (χ4n) is 4.19. The summed E-state index contributed by atoms with van der Waals surface area (Å²) in [5.74, 6) is 1.62. The zero-order valence-electron chi connectivity index (χ0n) is 15.9. The van der Waals surface area contributed by atoms with E-state index in [4.69, 9.17) is 0 Å². The van der Waals surface area contributed by atoms with Crippen molar-refractivity contribution in [1.29, 1.82) is 0 Å². The average Bonchev–Trinajstić information content (AvgIpc) is 3.35. The Morgan fingerprint density at radius 2 is 2.00 bits per heavy atom. The van der Waals surface area contributed by atoms with Gasteiger partial charge >= 0.3 is 0 Å². The van der Waals surface area contributed by atoms with Crippen LogP contribution in [0.4, 0.5) is 0 Å².